The van der Waals surface area contributed by atoms with E-state index in [0.29, 0.717) is 15.2 Å². The topological polar surface area (TPSA) is 38.9 Å². The fourth-order valence-electron chi connectivity index (χ4n) is 1.30. The summed E-state index contributed by atoms with van der Waals surface area (Å²) in [4.78, 5) is 4.29. The van der Waals surface area contributed by atoms with Crippen LogP contribution in [0, 0.1) is 18.6 Å². The van der Waals surface area contributed by atoms with Crippen LogP contribution in [0.2, 0.25) is 0 Å². The van der Waals surface area contributed by atoms with Crippen molar-refractivity contribution in [3.63, 3.8) is 0 Å². The lowest BCUT2D eigenvalue weighted by atomic mass is 10.3. The van der Waals surface area contributed by atoms with Crippen LogP contribution in [-0.2, 0) is 0 Å². The van der Waals surface area contributed by atoms with Crippen LogP contribution in [0.3, 0.4) is 0 Å². The molecule has 18 heavy (non-hydrogen) atoms. The first kappa shape index (κ1) is 13.3. The van der Waals surface area contributed by atoms with Crippen molar-refractivity contribution in [1.29, 1.82) is 0 Å². The number of benzene rings is 1. The van der Waals surface area contributed by atoms with Gasteiger partial charge in [0.2, 0.25) is 0 Å². The first-order valence-electron chi connectivity index (χ1n) is 5.02. The summed E-state index contributed by atoms with van der Waals surface area (Å²) < 4.78 is 27.3. The van der Waals surface area contributed by atoms with Crippen LogP contribution in [0.15, 0.2) is 38.8 Å². The summed E-state index contributed by atoms with van der Waals surface area (Å²) in [5, 5.41) is 0.547. The highest BCUT2D eigenvalue weighted by Crippen LogP contribution is 2.36. The molecule has 0 spiro atoms. The predicted molar refractivity (Wildman–Crippen MR) is 71.6 cm³/mol. The van der Waals surface area contributed by atoms with E-state index in [-0.39, 0.29) is 4.90 Å². The van der Waals surface area contributed by atoms with Crippen LogP contribution in [-0.4, -0.2) is 4.98 Å². The Bertz CT molecular complexity index is 605. The van der Waals surface area contributed by atoms with Crippen molar-refractivity contribution >= 4 is 33.4 Å². The predicted octanol–water partition coefficient (Wildman–Crippen LogP) is 4.16. The molecule has 0 saturated carbocycles. The fourth-order valence-corrected chi connectivity index (χ4v) is 2.77. The highest BCUT2D eigenvalue weighted by molar-refractivity contribution is 9.10. The summed E-state index contributed by atoms with van der Waals surface area (Å²) in [5.74, 6) is -0.966. The smallest absolute Gasteiger partial charge is 0.137 e. The molecule has 0 aliphatic rings. The normalized spacial score (nSPS) is 10.7. The largest absolute Gasteiger partial charge is 0.397 e. The lowest BCUT2D eigenvalue weighted by molar-refractivity contribution is 0.577. The van der Waals surface area contributed by atoms with Gasteiger partial charge in [-0.2, -0.15) is 0 Å². The molecule has 0 bridgehead atoms. The van der Waals surface area contributed by atoms with Crippen molar-refractivity contribution in [2.75, 3.05) is 5.73 Å². The Labute approximate surface area is 116 Å². The van der Waals surface area contributed by atoms with Crippen molar-refractivity contribution in [2.45, 2.75) is 16.8 Å². The van der Waals surface area contributed by atoms with E-state index in [2.05, 4.69) is 20.9 Å². The molecule has 1 aromatic carbocycles. The minimum absolute atomic E-state index is 0.187. The van der Waals surface area contributed by atoms with Gasteiger partial charge in [0, 0.05) is 0 Å². The molecule has 2 N–H and O–H groups in total. The molecular weight excluding hydrogens is 322 g/mol. The summed E-state index contributed by atoms with van der Waals surface area (Å²) in [5.41, 5.74) is 7.07. The lowest BCUT2D eigenvalue weighted by Gasteiger charge is -2.08. The average Bonchev–Trinajstić information content (AvgIpc) is 2.34. The van der Waals surface area contributed by atoms with Crippen molar-refractivity contribution < 1.29 is 8.78 Å². The second-order valence-electron chi connectivity index (χ2n) is 3.63. The van der Waals surface area contributed by atoms with Crippen LogP contribution in [0.25, 0.3) is 0 Å². The van der Waals surface area contributed by atoms with Gasteiger partial charge in [0.15, 0.2) is 0 Å². The molecule has 1 heterocycles. The monoisotopic (exact) mass is 330 g/mol. The van der Waals surface area contributed by atoms with Gasteiger partial charge in [-0.3, -0.25) is 0 Å². The van der Waals surface area contributed by atoms with Crippen molar-refractivity contribution in [2.24, 2.45) is 0 Å². The Morgan fingerprint density at radius 3 is 2.78 bits per heavy atom. The third-order valence-corrected chi connectivity index (χ3v) is 4.64. The first-order valence-corrected chi connectivity index (χ1v) is 6.63. The minimum atomic E-state index is -0.484. The molecule has 0 amide bonds. The van der Waals surface area contributed by atoms with Crippen LogP contribution in [0.1, 0.15) is 5.56 Å². The van der Waals surface area contributed by atoms with E-state index in [4.69, 9.17) is 5.73 Å². The fraction of sp³-hybridized carbons (Fsp3) is 0.0833. The Kier molecular flexibility index (Phi) is 3.87. The van der Waals surface area contributed by atoms with Crippen molar-refractivity contribution in [3.05, 3.63) is 46.1 Å². The number of nitrogens with zero attached hydrogens (tertiary/aromatic N) is 1. The summed E-state index contributed by atoms with van der Waals surface area (Å²) in [6.07, 6.45) is 1.50. The SMILES string of the molecule is Cc1c(N)cnc(Sc2cc(F)ccc2F)c1Br. The molecule has 0 unspecified atom stereocenters. The maximum absolute atomic E-state index is 13.5. The minimum Gasteiger partial charge on any atom is -0.397 e. The van der Waals surface area contributed by atoms with Crippen LogP contribution >= 0.6 is 27.7 Å². The van der Waals surface area contributed by atoms with Gasteiger partial charge in [-0.05, 0) is 46.6 Å². The number of anilines is 1. The van der Waals surface area contributed by atoms with Crippen LogP contribution in [0.4, 0.5) is 14.5 Å². The number of hydrogen-bond acceptors (Lipinski definition) is 3. The molecule has 1 aromatic heterocycles. The third kappa shape index (κ3) is 2.64. The van der Waals surface area contributed by atoms with Gasteiger partial charge in [-0.15, -0.1) is 0 Å². The molecule has 0 saturated heterocycles. The molecule has 6 heteroatoms. The Hall–Kier alpha value is -1.14. The van der Waals surface area contributed by atoms with Gasteiger partial charge in [0.25, 0.3) is 0 Å². The summed E-state index contributed by atoms with van der Waals surface area (Å²) >= 11 is 4.40. The van der Waals surface area contributed by atoms with E-state index < -0.39 is 11.6 Å². The molecule has 0 atom stereocenters. The summed E-state index contributed by atoms with van der Waals surface area (Å²) in [6.45, 7) is 1.83. The van der Waals surface area contributed by atoms with Crippen LogP contribution < -0.4 is 5.73 Å². The Balaban J connectivity index is 2.40. The van der Waals surface area contributed by atoms with E-state index in [1.165, 1.54) is 6.20 Å². The van der Waals surface area contributed by atoms with E-state index >= 15 is 0 Å². The number of rotatable bonds is 2. The van der Waals surface area contributed by atoms with Gasteiger partial charge < -0.3 is 5.73 Å². The standard InChI is InChI=1S/C12H9BrF2N2S/c1-6-9(16)5-17-12(11(6)13)18-10-4-7(14)2-3-8(10)15/h2-5H,16H2,1H3. The summed E-state index contributed by atoms with van der Waals surface area (Å²) in [7, 11) is 0. The van der Waals surface area contributed by atoms with Gasteiger partial charge in [0.1, 0.15) is 16.7 Å². The van der Waals surface area contributed by atoms with Crippen LogP contribution in [0.5, 0.6) is 0 Å². The van der Waals surface area contributed by atoms with E-state index in [1.807, 2.05) is 6.92 Å². The van der Waals surface area contributed by atoms with E-state index in [1.54, 1.807) is 0 Å². The number of hydrogen-bond donors (Lipinski definition) is 1. The quantitative estimate of drug-likeness (QED) is 0.898. The number of nitrogen functional groups attached to an aromatic ring is 1. The Morgan fingerprint density at radius 2 is 2.06 bits per heavy atom. The Morgan fingerprint density at radius 1 is 1.33 bits per heavy atom. The van der Waals surface area contributed by atoms with Crippen molar-refractivity contribution in [1.82, 2.24) is 4.98 Å². The zero-order valence-electron chi connectivity index (χ0n) is 9.38. The molecule has 0 aliphatic carbocycles. The van der Waals surface area contributed by atoms with Gasteiger partial charge in [-0.25, -0.2) is 13.8 Å². The molecule has 0 aliphatic heterocycles. The molecule has 94 valence electrons. The van der Waals surface area contributed by atoms with Gasteiger partial charge in [-0.1, -0.05) is 11.8 Å². The molecule has 2 rings (SSSR count). The van der Waals surface area contributed by atoms with Crippen molar-refractivity contribution in [3.8, 4) is 0 Å². The zero-order chi connectivity index (χ0) is 13.3. The van der Waals surface area contributed by atoms with E-state index in [0.717, 1.165) is 35.5 Å². The molecular formula is C12H9BrF2N2S. The molecule has 2 aromatic rings. The number of aromatic nitrogens is 1. The molecule has 0 fully saturated rings. The maximum Gasteiger partial charge on any atom is 0.137 e. The summed E-state index contributed by atoms with van der Waals surface area (Å²) in [6, 6.07) is 3.31. The number of pyridine rings is 1. The van der Waals surface area contributed by atoms with Gasteiger partial charge in [0.05, 0.1) is 21.3 Å². The van der Waals surface area contributed by atoms with E-state index in [9.17, 15) is 8.78 Å². The number of nitrogens with two attached hydrogens (primary N) is 1. The number of halogens is 3. The third-order valence-electron chi connectivity index (χ3n) is 2.37. The highest BCUT2D eigenvalue weighted by atomic mass is 79.9. The first-order chi connectivity index (χ1) is 8.49. The zero-order valence-corrected chi connectivity index (χ0v) is 11.8. The molecule has 0 radical (unpaired) electrons. The second-order valence-corrected chi connectivity index (χ2v) is 5.46. The average molecular weight is 331 g/mol. The second kappa shape index (κ2) is 5.24. The maximum atomic E-state index is 13.5. The van der Waals surface area contributed by atoms with Gasteiger partial charge >= 0.3 is 0 Å². The highest BCUT2D eigenvalue weighted by Gasteiger charge is 2.12. The lowest BCUT2D eigenvalue weighted by Crippen LogP contribution is -1.95. The molecule has 2 nitrogen and oxygen atoms in total.